The summed E-state index contributed by atoms with van der Waals surface area (Å²) < 4.78 is 0. The van der Waals surface area contributed by atoms with Crippen molar-refractivity contribution in [1.82, 2.24) is 4.90 Å². The highest BCUT2D eigenvalue weighted by Gasteiger charge is 2.34. The van der Waals surface area contributed by atoms with Crippen molar-refractivity contribution in [2.75, 3.05) is 0 Å². The van der Waals surface area contributed by atoms with Crippen molar-refractivity contribution in [3.63, 3.8) is 0 Å². The van der Waals surface area contributed by atoms with Crippen LogP contribution in [0.3, 0.4) is 0 Å². The molecule has 5 nitrogen and oxygen atoms in total. The predicted molar refractivity (Wildman–Crippen MR) is 120 cm³/mol. The molecule has 5 heteroatoms. The fourth-order valence-electron chi connectivity index (χ4n) is 3.61. The lowest BCUT2D eigenvalue weighted by Gasteiger charge is -2.28. The van der Waals surface area contributed by atoms with Crippen molar-refractivity contribution in [3.05, 3.63) is 35.9 Å². The smallest absolute Gasteiger partial charge is 0.327 e. The number of hydrogen-bond acceptors (Lipinski definition) is 3. The molecule has 0 saturated carbocycles. The number of hydrogen-bond donors (Lipinski definition) is 1. The van der Waals surface area contributed by atoms with E-state index in [1.165, 1.54) is 0 Å². The van der Waals surface area contributed by atoms with Gasteiger partial charge >= 0.3 is 5.97 Å². The molecule has 0 fully saturated rings. The molecule has 0 bridgehead atoms. The van der Waals surface area contributed by atoms with Crippen molar-refractivity contribution in [1.29, 1.82) is 0 Å². The third-order valence-corrected chi connectivity index (χ3v) is 5.39. The summed E-state index contributed by atoms with van der Waals surface area (Å²) in [5, 5.41) is 9.84. The van der Waals surface area contributed by atoms with Crippen LogP contribution in [0, 0.1) is 0 Å². The number of aliphatic carboxylic acids is 1. The molecule has 1 N–H and O–H groups in total. The first-order valence-corrected chi connectivity index (χ1v) is 11.6. The van der Waals surface area contributed by atoms with E-state index in [2.05, 4.69) is 13.8 Å². The standard InChI is InChI=1S/C25H39NO4/c1-3-5-7-9-14-18-23(27)26(24(28)19-15-10-8-6-4-2)22(25(29)30)20-21-16-12-11-13-17-21/h11-13,16-17,22H,3-10,14-15,18-20H2,1-2H3,(H,29,30)/t22-/m0/s1. The zero-order valence-electron chi connectivity index (χ0n) is 18.8. The van der Waals surface area contributed by atoms with E-state index in [-0.39, 0.29) is 31.1 Å². The van der Waals surface area contributed by atoms with Gasteiger partial charge in [0.15, 0.2) is 0 Å². The number of nitrogens with zero attached hydrogens (tertiary/aromatic N) is 1. The van der Waals surface area contributed by atoms with Crippen molar-refractivity contribution >= 4 is 17.8 Å². The monoisotopic (exact) mass is 417 g/mol. The van der Waals surface area contributed by atoms with E-state index in [0.717, 1.165) is 61.8 Å². The van der Waals surface area contributed by atoms with E-state index >= 15 is 0 Å². The quantitative estimate of drug-likeness (QED) is 0.347. The fraction of sp³-hybridized carbons (Fsp3) is 0.640. The lowest BCUT2D eigenvalue weighted by atomic mass is 10.0. The van der Waals surface area contributed by atoms with Crippen LogP contribution >= 0.6 is 0 Å². The second kappa shape index (κ2) is 15.6. The van der Waals surface area contributed by atoms with Crippen LogP contribution in [0.5, 0.6) is 0 Å². The Balaban J connectivity index is 2.85. The minimum atomic E-state index is -1.15. The number of rotatable bonds is 16. The molecule has 2 amide bonds. The van der Waals surface area contributed by atoms with Crippen LogP contribution in [0.4, 0.5) is 0 Å². The fourth-order valence-corrected chi connectivity index (χ4v) is 3.61. The molecule has 1 atom stereocenters. The Labute approximate surface area is 181 Å². The summed E-state index contributed by atoms with van der Waals surface area (Å²) in [4.78, 5) is 38.9. The maximum absolute atomic E-state index is 12.9. The number of imide groups is 1. The lowest BCUT2D eigenvalue weighted by molar-refractivity contribution is -0.158. The van der Waals surface area contributed by atoms with Gasteiger partial charge in [-0.25, -0.2) is 4.79 Å². The zero-order valence-corrected chi connectivity index (χ0v) is 18.8. The van der Waals surface area contributed by atoms with Crippen LogP contribution < -0.4 is 0 Å². The van der Waals surface area contributed by atoms with E-state index < -0.39 is 12.0 Å². The largest absolute Gasteiger partial charge is 0.480 e. The van der Waals surface area contributed by atoms with Crippen LogP contribution in [0.2, 0.25) is 0 Å². The van der Waals surface area contributed by atoms with Gasteiger partial charge in [-0.1, -0.05) is 95.5 Å². The second-order valence-corrected chi connectivity index (χ2v) is 8.03. The molecule has 1 aromatic carbocycles. The predicted octanol–water partition coefficient (Wildman–Crippen LogP) is 5.76. The number of carbonyl (C=O) groups is 3. The Kier molecular flexibility index (Phi) is 13.5. The number of carboxylic acid groups (broad SMARTS) is 1. The molecule has 0 spiro atoms. The average molecular weight is 418 g/mol. The third-order valence-electron chi connectivity index (χ3n) is 5.39. The van der Waals surface area contributed by atoms with Crippen LogP contribution in [-0.4, -0.2) is 33.8 Å². The lowest BCUT2D eigenvalue weighted by Crippen LogP contribution is -2.49. The molecule has 1 rings (SSSR count). The van der Waals surface area contributed by atoms with Gasteiger partial charge in [-0.15, -0.1) is 0 Å². The molecule has 1 aromatic rings. The minimum absolute atomic E-state index is 0.138. The first kappa shape index (κ1) is 25.9. The zero-order chi connectivity index (χ0) is 22.2. The Morgan fingerprint density at radius 1 is 0.767 bits per heavy atom. The summed E-state index contributed by atoms with van der Waals surface area (Å²) in [6.45, 7) is 4.26. The first-order valence-electron chi connectivity index (χ1n) is 11.6. The van der Waals surface area contributed by atoms with Crippen molar-refractivity contribution in [2.24, 2.45) is 0 Å². The molecule has 0 aliphatic heterocycles. The Bertz CT molecular complexity index is 603. The van der Waals surface area contributed by atoms with E-state index in [9.17, 15) is 19.5 Å². The van der Waals surface area contributed by atoms with Crippen LogP contribution in [0.15, 0.2) is 30.3 Å². The van der Waals surface area contributed by atoms with Gasteiger partial charge in [0.1, 0.15) is 6.04 Å². The van der Waals surface area contributed by atoms with E-state index in [4.69, 9.17) is 0 Å². The van der Waals surface area contributed by atoms with Crippen molar-refractivity contribution in [3.8, 4) is 0 Å². The summed E-state index contributed by atoms with van der Waals surface area (Å²) in [7, 11) is 0. The maximum Gasteiger partial charge on any atom is 0.327 e. The highest BCUT2D eigenvalue weighted by Crippen LogP contribution is 2.17. The van der Waals surface area contributed by atoms with Crippen LogP contribution in [0.25, 0.3) is 0 Å². The molecule has 168 valence electrons. The number of carboxylic acids is 1. The molecule has 0 radical (unpaired) electrons. The summed E-state index contributed by atoms with van der Waals surface area (Å²) in [6, 6.07) is 8.04. The highest BCUT2D eigenvalue weighted by atomic mass is 16.4. The van der Waals surface area contributed by atoms with Gasteiger partial charge in [0.05, 0.1) is 0 Å². The normalized spacial score (nSPS) is 11.8. The summed E-state index contributed by atoms with van der Waals surface area (Å²) in [5.41, 5.74) is 0.807. The van der Waals surface area contributed by atoms with Gasteiger partial charge in [-0.2, -0.15) is 0 Å². The minimum Gasteiger partial charge on any atom is -0.480 e. The highest BCUT2D eigenvalue weighted by molar-refractivity contribution is 5.99. The topological polar surface area (TPSA) is 74.7 Å². The van der Waals surface area contributed by atoms with Crippen molar-refractivity contribution < 1.29 is 19.5 Å². The molecule has 0 aliphatic rings. The van der Waals surface area contributed by atoms with Crippen LogP contribution in [0.1, 0.15) is 96.5 Å². The molecular weight excluding hydrogens is 378 g/mol. The second-order valence-electron chi connectivity index (χ2n) is 8.03. The Morgan fingerprint density at radius 3 is 1.67 bits per heavy atom. The molecule has 0 aliphatic carbocycles. The van der Waals surface area contributed by atoms with Gasteiger partial charge in [0.25, 0.3) is 0 Å². The van der Waals surface area contributed by atoms with Gasteiger partial charge in [-0.3, -0.25) is 14.5 Å². The number of benzene rings is 1. The van der Waals surface area contributed by atoms with E-state index in [1.807, 2.05) is 30.3 Å². The van der Waals surface area contributed by atoms with E-state index in [1.54, 1.807) is 0 Å². The molecule has 30 heavy (non-hydrogen) atoms. The summed E-state index contributed by atoms with van der Waals surface area (Å²) in [5.74, 6) is -1.83. The van der Waals surface area contributed by atoms with Gasteiger partial charge in [0.2, 0.25) is 11.8 Å². The summed E-state index contributed by atoms with van der Waals surface area (Å²) in [6.07, 6.45) is 10.4. The van der Waals surface area contributed by atoms with E-state index in [0.29, 0.717) is 12.8 Å². The number of amides is 2. The molecule has 0 saturated heterocycles. The summed E-state index contributed by atoms with van der Waals surface area (Å²) >= 11 is 0. The first-order chi connectivity index (χ1) is 14.5. The van der Waals surface area contributed by atoms with Crippen molar-refractivity contribution in [2.45, 2.75) is 103 Å². The van der Waals surface area contributed by atoms with Crippen LogP contribution in [-0.2, 0) is 20.8 Å². The molecule has 0 unspecified atom stereocenters. The SMILES string of the molecule is CCCCCCCC(=O)N(C(=O)CCCCCCC)[C@@H](Cc1ccccc1)C(=O)O. The Morgan fingerprint density at radius 2 is 1.23 bits per heavy atom. The average Bonchev–Trinajstić information content (AvgIpc) is 2.73. The molecular formula is C25H39NO4. The number of unbranched alkanes of at least 4 members (excludes halogenated alkanes) is 8. The Hall–Kier alpha value is -2.17. The molecule has 0 aromatic heterocycles. The van der Waals surface area contributed by atoms with Gasteiger partial charge in [0, 0.05) is 19.3 Å². The number of carbonyl (C=O) groups excluding carboxylic acids is 2. The van der Waals surface area contributed by atoms with Gasteiger partial charge < -0.3 is 5.11 Å². The maximum atomic E-state index is 12.9. The third kappa shape index (κ3) is 10.0. The van der Waals surface area contributed by atoms with Gasteiger partial charge in [-0.05, 0) is 18.4 Å². The molecule has 0 heterocycles.